The van der Waals surface area contributed by atoms with E-state index in [1.807, 2.05) is 12.1 Å². The van der Waals surface area contributed by atoms with Gasteiger partial charge in [0.15, 0.2) is 0 Å². The highest BCUT2D eigenvalue weighted by molar-refractivity contribution is 7.22. The van der Waals surface area contributed by atoms with E-state index in [1.54, 1.807) is 6.07 Å². The minimum absolute atomic E-state index is 0.108. The highest BCUT2D eigenvalue weighted by Crippen LogP contribution is 2.29. The zero-order valence-corrected chi connectivity index (χ0v) is 9.71. The van der Waals surface area contributed by atoms with Crippen molar-refractivity contribution in [2.75, 3.05) is 17.4 Å². The number of carbonyl (C=O) groups is 1. The molecule has 0 radical (unpaired) electrons. The molecule has 84 valence electrons. The van der Waals surface area contributed by atoms with Crippen molar-refractivity contribution in [2.24, 2.45) is 0 Å². The largest absolute Gasteiger partial charge is 0.326 e. The van der Waals surface area contributed by atoms with E-state index in [1.165, 1.54) is 25.3 Å². The molecule has 0 unspecified atom stereocenters. The first kappa shape index (κ1) is 10.8. The van der Waals surface area contributed by atoms with Gasteiger partial charge >= 0.3 is 0 Å². The third kappa shape index (κ3) is 2.12. The smallest absolute Gasteiger partial charge is 0.221 e. The molecule has 2 N–H and O–H groups in total. The number of hydroxylamine groups is 1. The van der Waals surface area contributed by atoms with E-state index in [4.69, 9.17) is 0 Å². The third-order valence-corrected chi connectivity index (χ3v) is 3.06. The van der Waals surface area contributed by atoms with Crippen molar-refractivity contribution in [3.8, 4) is 0 Å². The first-order chi connectivity index (χ1) is 7.56. The van der Waals surface area contributed by atoms with Crippen molar-refractivity contribution >= 4 is 38.3 Å². The van der Waals surface area contributed by atoms with E-state index in [9.17, 15) is 10.0 Å². The molecule has 0 atom stereocenters. The normalized spacial score (nSPS) is 10.4. The number of amides is 1. The lowest BCUT2D eigenvalue weighted by Crippen LogP contribution is -2.08. The maximum absolute atomic E-state index is 10.9. The van der Waals surface area contributed by atoms with E-state index in [0.29, 0.717) is 5.13 Å². The number of nitrogens with one attached hydrogen (secondary N) is 1. The fraction of sp³-hybridized carbons (Fsp3) is 0.200. The van der Waals surface area contributed by atoms with Gasteiger partial charge in [0.25, 0.3) is 0 Å². The molecule has 1 aromatic heterocycles. The van der Waals surface area contributed by atoms with Crippen molar-refractivity contribution in [3.63, 3.8) is 0 Å². The predicted molar refractivity (Wildman–Crippen MR) is 64.1 cm³/mol. The molecule has 0 saturated carbocycles. The average molecular weight is 237 g/mol. The number of nitrogens with zero attached hydrogens (tertiary/aromatic N) is 2. The summed E-state index contributed by atoms with van der Waals surface area (Å²) in [6.45, 7) is 1.46. The molecule has 5 nitrogen and oxygen atoms in total. The number of hydrogen-bond donors (Lipinski definition) is 2. The van der Waals surface area contributed by atoms with E-state index in [0.717, 1.165) is 21.0 Å². The van der Waals surface area contributed by atoms with Gasteiger partial charge in [0, 0.05) is 19.7 Å². The number of benzene rings is 1. The second-order valence-corrected chi connectivity index (χ2v) is 4.39. The Morgan fingerprint density at radius 3 is 2.94 bits per heavy atom. The van der Waals surface area contributed by atoms with Gasteiger partial charge in [-0.1, -0.05) is 11.3 Å². The van der Waals surface area contributed by atoms with Gasteiger partial charge in [0.05, 0.1) is 10.2 Å². The monoisotopic (exact) mass is 237 g/mol. The lowest BCUT2D eigenvalue weighted by atomic mass is 10.3. The van der Waals surface area contributed by atoms with Crippen LogP contribution in [0.2, 0.25) is 0 Å². The second-order valence-electron chi connectivity index (χ2n) is 3.38. The lowest BCUT2D eigenvalue weighted by Gasteiger charge is -2.02. The first-order valence-electron chi connectivity index (χ1n) is 4.67. The van der Waals surface area contributed by atoms with Crippen LogP contribution >= 0.6 is 11.3 Å². The Labute approximate surface area is 96.3 Å². The summed E-state index contributed by atoms with van der Waals surface area (Å²) in [6, 6.07) is 5.43. The van der Waals surface area contributed by atoms with Crippen LogP contribution in [0.4, 0.5) is 10.8 Å². The third-order valence-electron chi connectivity index (χ3n) is 1.97. The number of rotatable bonds is 2. The number of fused-ring (bicyclic) bond motifs is 1. The molecule has 0 aliphatic heterocycles. The van der Waals surface area contributed by atoms with Gasteiger partial charge in [0.1, 0.15) is 0 Å². The van der Waals surface area contributed by atoms with Crippen LogP contribution in [0.1, 0.15) is 6.92 Å². The van der Waals surface area contributed by atoms with Crippen LogP contribution in [0.3, 0.4) is 0 Å². The van der Waals surface area contributed by atoms with Gasteiger partial charge in [-0.3, -0.25) is 10.0 Å². The topological polar surface area (TPSA) is 65.5 Å². The van der Waals surface area contributed by atoms with Crippen LogP contribution in [0.5, 0.6) is 0 Å². The molecule has 0 aliphatic rings. The summed E-state index contributed by atoms with van der Waals surface area (Å²) in [6.07, 6.45) is 0. The van der Waals surface area contributed by atoms with E-state index >= 15 is 0 Å². The average Bonchev–Trinajstić information content (AvgIpc) is 2.59. The van der Waals surface area contributed by atoms with Crippen LogP contribution in [0.25, 0.3) is 10.2 Å². The highest BCUT2D eigenvalue weighted by Gasteiger charge is 2.07. The number of thiazole rings is 1. The molecule has 1 amide bonds. The maximum atomic E-state index is 10.9. The molecule has 6 heteroatoms. The molecule has 16 heavy (non-hydrogen) atoms. The molecule has 0 fully saturated rings. The highest BCUT2D eigenvalue weighted by atomic mass is 32.1. The molecule has 0 bridgehead atoms. The zero-order valence-electron chi connectivity index (χ0n) is 8.89. The molecule has 0 aliphatic carbocycles. The second kappa shape index (κ2) is 4.07. The van der Waals surface area contributed by atoms with Crippen LogP contribution < -0.4 is 10.4 Å². The van der Waals surface area contributed by atoms with Crippen LogP contribution in [0.15, 0.2) is 18.2 Å². The van der Waals surface area contributed by atoms with Gasteiger partial charge in [-0.15, -0.1) is 0 Å². The molecule has 1 heterocycles. The molecule has 2 rings (SSSR count). The number of carbonyl (C=O) groups excluding carboxylic acids is 1. The first-order valence-corrected chi connectivity index (χ1v) is 5.48. The summed E-state index contributed by atoms with van der Waals surface area (Å²) >= 11 is 1.36. The lowest BCUT2D eigenvalue weighted by molar-refractivity contribution is -0.114. The Morgan fingerprint density at radius 1 is 1.56 bits per heavy atom. The summed E-state index contributed by atoms with van der Waals surface area (Å²) < 4.78 is 0.919. The zero-order chi connectivity index (χ0) is 11.7. The summed E-state index contributed by atoms with van der Waals surface area (Å²) in [5.74, 6) is -0.108. The molecule has 2 aromatic rings. The van der Waals surface area contributed by atoms with Crippen molar-refractivity contribution in [2.45, 2.75) is 6.92 Å². The Kier molecular flexibility index (Phi) is 2.76. The van der Waals surface area contributed by atoms with Crippen LogP contribution in [0, 0.1) is 0 Å². The summed E-state index contributed by atoms with van der Waals surface area (Å²) in [5.41, 5.74) is 1.53. The molecule has 0 spiro atoms. The van der Waals surface area contributed by atoms with E-state index in [-0.39, 0.29) is 5.91 Å². The molecule has 0 saturated heterocycles. The fourth-order valence-electron chi connectivity index (χ4n) is 1.33. The van der Waals surface area contributed by atoms with Crippen molar-refractivity contribution in [1.29, 1.82) is 0 Å². The summed E-state index contributed by atoms with van der Waals surface area (Å²) in [5, 5.41) is 13.4. The predicted octanol–water partition coefficient (Wildman–Crippen LogP) is 2.08. The Morgan fingerprint density at radius 2 is 2.31 bits per heavy atom. The quantitative estimate of drug-likeness (QED) is 0.785. The minimum Gasteiger partial charge on any atom is -0.326 e. The Bertz CT molecular complexity index is 536. The molecular formula is C10H11N3O2S. The maximum Gasteiger partial charge on any atom is 0.221 e. The van der Waals surface area contributed by atoms with Gasteiger partial charge < -0.3 is 5.32 Å². The van der Waals surface area contributed by atoms with Crippen LogP contribution in [-0.2, 0) is 4.79 Å². The fourth-order valence-corrected chi connectivity index (χ4v) is 2.21. The van der Waals surface area contributed by atoms with E-state index in [2.05, 4.69) is 10.3 Å². The van der Waals surface area contributed by atoms with Gasteiger partial charge in [0.2, 0.25) is 11.0 Å². The van der Waals surface area contributed by atoms with Crippen LogP contribution in [-0.4, -0.2) is 23.1 Å². The molecule has 1 aromatic carbocycles. The van der Waals surface area contributed by atoms with Crippen molar-refractivity contribution in [3.05, 3.63) is 18.2 Å². The number of anilines is 2. The van der Waals surface area contributed by atoms with Gasteiger partial charge in [-0.2, -0.15) is 0 Å². The molecular weight excluding hydrogens is 226 g/mol. The van der Waals surface area contributed by atoms with Gasteiger partial charge in [-0.25, -0.2) is 10.0 Å². The number of hydrogen-bond acceptors (Lipinski definition) is 5. The Hall–Kier alpha value is -1.66. The summed E-state index contributed by atoms with van der Waals surface area (Å²) in [7, 11) is 1.52. The van der Waals surface area contributed by atoms with E-state index < -0.39 is 0 Å². The van der Waals surface area contributed by atoms with Crippen molar-refractivity contribution in [1.82, 2.24) is 4.98 Å². The van der Waals surface area contributed by atoms with Crippen molar-refractivity contribution < 1.29 is 10.0 Å². The number of aromatic nitrogens is 1. The SMILES string of the molecule is CC(=O)Nc1ccc2nc(N(C)O)sc2c1. The van der Waals surface area contributed by atoms with Gasteiger partial charge in [-0.05, 0) is 18.2 Å². The standard InChI is InChI=1S/C10H11N3O2S/c1-6(14)11-7-3-4-8-9(5-7)16-10(12-8)13(2)15/h3-5,15H,1-2H3,(H,11,14). The minimum atomic E-state index is -0.108. The Balaban J connectivity index is 2.41. The summed E-state index contributed by atoms with van der Waals surface area (Å²) in [4.78, 5) is 15.1.